The first-order valence-electron chi connectivity index (χ1n) is 12.2. The molecule has 190 valence electrons. The van der Waals surface area contributed by atoms with Crippen molar-refractivity contribution in [2.45, 2.75) is 13.1 Å². The molecule has 0 atom stereocenters. The summed E-state index contributed by atoms with van der Waals surface area (Å²) in [5, 5.41) is 14.9. The lowest BCUT2D eigenvalue weighted by atomic mass is 10.1. The number of pyridine rings is 1. The van der Waals surface area contributed by atoms with Gasteiger partial charge in [0.2, 0.25) is 0 Å². The van der Waals surface area contributed by atoms with Crippen molar-refractivity contribution in [3.8, 4) is 11.5 Å². The predicted octanol–water partition coefficient (Wildman–Crippen LogP) is 1.96. The monoisotopic (exact) mass is 498 g/mol. The molecule has 0 saturated carbocycles. The number of nitrogens with zero attached hydrogens (tertiary/aromatic N) is 8. The van der Waals surface area contributed by atoms with Gasteiger partial charge in [-0.05, 0) is 37.4 Å². The van der Waals surface area contributed by atoms with Crippen LogP contribution in [0.4, 0.5) is 11.5 Å². The Bertz CT molecular complexity index is 1350. The van der Waals surface area contributed by atoms with Gasteiger partial charge in [0.05, 0.1) is 6.54 Å². The van der Waals surface area contributed by atoms with Crippen molar-refractivity contribution >= 4 is 17.4 Å². The first kappa shape index (κ1) is 24.3. The smallest absolute Gasteiger partial charge is 0.251 e. The van der Waals surface area contributed by atoms with E-state index in [0.29, 0.717) is 30.2 Å². The van der Waals surface area contributed by atoms with Gasteiger partial charge < -0.3 is 25.0 Å². The highest BCUT2D eigenvalue weighted by Crippen LogP contribution is 2.19. The number of carbonyl (C=O) groups excluding carboxylic acids is 1. The molecule has 1 aliphatic heterocycles. The number of likely N-dealkylation sites (N-methyl/N-ethyl adjacent to an activating group) is 1. The predicted molar refractivity (Wildman–Crippen MR) is 141 cm³/mol. The van der Waals surface area contributed by atoms with E-state index in [1.54, 1.807) is 18.3 Å². The van der Waals surface area contributed by atoms with Crippen LogP contribution in [0.25, 0.3) is 11.5 Å². The van der Waals surface area contributed by atoms with Gasteiger partial charge >= 0.3 is 0 Å². The average molecular weight is 499 g/mol. The van der Waals surface area contributed by atoms with Crippen LogP contribution in [0.2, 0.25) is 0 Å². The van der Waals surface area contributed by atoms with Gasteiger partial charge in [-0.25, -0.2) is 15.0 Å². The standard InChI is InChI=1S/C26H30N10O/c1-34-11-13-36(14-12-34)24-20(6-4-9-28-24)16-30-26(37)19-5-3-7-21(15-19)29-17-23-32-33-25(35(23)2)22-8-10-27-18-31-22/h3-10,15,18,29H,11-14,16-17H2,1-2H3,(H,30,37). The summed E-state index contributed by atoms with van der Waals surface area (Å²) < 4.78 is 1.89. The topological polar surface area (TPSA) is 117 Å². The van der Waals surface area contributed by atoms with E-state index in [1.807, 2.05) is 48.1 Å². The molecule has 37 heavy (non-hydrogen) atoms. The summed E-state index contributed by atoms with van der Waals surface area (Å²) in [7, 11) is 4.03. The molecule has 0 bridgehead atoms. The third-order valence-electron chi connectivity index (χ3n) is 6.46. The normalized spacial score (nSPS) is 13.9. The Labute approximate surface area is 215 Å². The number of piperazine rings is 1. The number of amides is 1. The Morgan fingerprint density at radius 1 is 0.946 bits per heavy atom. The fraction of sp³-hybridized carbons (Fsp3) is 0.308. The number of hydrogen-bond acceptors (Lipinski definition) is 9. The lowest BCUT2D eigenvalue weighted by Crippen LogP contribution is -2.45. The van der Waals surface area contributed by atoms with Crippen molar-refractivity contribution in [2.75, 3.05) is 43.4 Å². The minimum absolute atomic E-state index is 0.137. The van der Waals surface area contributed by atoms with E-state index in [9.17, 15) is 4.79 Å². The number of carbonyl (C=O) groups is 1. The molecular weight excluding hydrogens is 468 g/mol. The molecule has 0 unspecified atom stereocenters. The van der Waals surface area contributed by atoms with E-state index in [-0.39, 0.29) is 5.91 Å². The van der Waals surface area contributed by atoms with Crippen LogP contribution in [-0.4, -0.2) is 73.8 Å². The molecule has 3 aromatic heterocycles. The van der Waals surface area contributed by atoms with Crippen molar-refractivity contribution in [1.82, 2.24) is 39.9 Å². The molecular formula is C26H30N10O. The molecule has 0 radical (unpaired) electrons. The number of aromatic nitrogens is 6. The van der Waals surface area contributed by atoms with Crippen molar-refractivity contribution in [3.05, 3.63) is 78.1 Å². The van der Waals surface area contributed by atoms with Crippen molar-refractivity contribution in [2.24, 2.45) is 7.05 Å². The number of rotatable bonds is 8. The maximum absolute atomic E-state index is 13.0. The molecule has 5 rings (SSSR count). The van der Waals surface area contributed by atoms with E-state index >= 15 is 0 Å². The maximum Gasteiger partial charge on any atom is 0.251 e. The largest absolute Gasteiger partial charge is 0.378 e. The zero-order valence-corrected chi connectivity index (χ0v) is 21.0. The second kappa shape index (κ2) is 11.1. The van der Waals surface area contributed by atoms with Crippen LogP contribution in [0.15, 0.2) is 61.2 Å². The van der Waals surface area contributed by atoms with Crippen LogP contribution in [0.5, 0.6) is 0 Å². The van der Waals surface area contributed by atoms with Gasteiger partial charge in [0.15, 0.2) is 11.6 Å². The SMILES string of the molecule is CN1CCN(c2ncccc2CNC(=O)c2cccc(NCc3nnc(-c4ccncn4)n3C)c2)CC1. The van der Waals surface area contributed by atoms with Crippen LogP contribution >= 0.6 is 0 Å². The van der Waals surface area contributed by atoms with Crippen molar-refractivity contribution in [1.29, 1.82) is 0 Å². The minimum atomic E-state index is -0.137. The lowest BCUT2D eigenvalue weighted by molar-refractivity contribution is 0.0951. The van der Waals surface area contributed by atoms with Gasteiger partial charge in [-0.2, -0.15) is 0 Å². The van der Waals surface area contributed by atoms with Gasteiger partial charge in [-0.3, -0.25) is 4.79 Å². The van der Waals surface area contributed by atoms with E-state index in [0.717, 1.165) is 49.1 Å². The highest BCUT2D eigenvalue weighted by molar-refractivity contribution is 5.95. The van der Waals surface area contributed by atoms with E-state index in [2.05, 4.69) is 52.6 Å². The highest BCUT2D eigenvalue weighted by atomic mass is 16.1. The molecule has 2 N–H and O–H groups in total. The third-order valence-corrected chi connectivity index (χ3v) is 6.46. The van der Waals surface area contributed by atoms with E-state index in [1.165, 1.54) is 6.33 Å². The minimum Gasteiger partial charge on any atom is -0.378 e. The zero-order chi connectivity index (χ0) is 25.6. The molecule has 1 aromatic carbocycles. The summed E-state index contributed by atoms with van der Waals surface area (Å²) >= 11 is 0. The zero-order valence-electron chi connectivity index (χ0n) is 21.0. The van der Waals surface area contributed by atoms with Crippen LogP contribution in [-0.2, 0) is 20.1 Å². The number of anilines is 2. The second-order valence-electron chi connectivity index (χ2n) is 8.99. The van der Waals surface area contributed by atoms with Crippen LogP contribution < -0.4 is 15.5 Å². The number of nitrogens with one attached hydrogen (secondary N) is 2. The first-order valence-corrected chi connectivity index (χ1v) is 12.2. The Morgan fingerprint density at radius 2 is 1.81 bits per heavy atom. The van der Waals surface area contributed by atoms with Crippen molar-refractivity contribution in [3.63, 3.8) is 0 Å². The van der Waals surface area contributed by atoms with Crippen LogP contribution in [0, 0.1) is 0 Å². The molecule has 1 fully saturated rings. The van der Waals surface area contributed by atoms with Crippen LogP contribution in [0.3, 0.4) is 0 Å². The average Bonchev–Trinajstić information content (AvgIpc) is 3.32. The molecule has 0 aliphatic carbocycles. The summed E-state index contributed by atoms with van der Waals surface area (Å²) in [6.07, 6.45) is 4.97. The fourth-order valence-electron chi connectivity index (χ4n) is 4.26. The Kier molecular flexibility index (Phi) is 7.31. The molecule has 4 aromatic rings. The Balaban J connectivity index is 1.20. The molecule has 1 amide bonds. The lowest BCUT2D eigenvalue weighted by Gasteiger charge is -2.34. The van der Waals surface area contributed by atoms with Gasteiger partial charge in [-0.1, -0.05) is 12.1 Å². The van der Waals surface area contributed by atoms with Crippen molar-refractivity contribution < 1.29 is 4.79 Å². The summed E-state index contributed by atoms with van der Waals surface area (Å²) in [6, 6.07) is 13.2. The van der Waals surface area contributed by atoms with E-state index in [4.69, 9.17) is 0 Å². The van der Waals surface area contributed by atoms with E-state index < -0.39 is 0 Å². The summed E-state index contributed by atoms with van der Waals surface area (Å²) in [5.41, 5.74) is 3.11. The molecule has 11 heteroatoms. The second-order valence-corrected chi connectivity index (χ2v) is 8.99. The maximum atomic E-state index is 13.0. The summed E-state index contributed by atoms with van der Waals surface area (Å²) in [5.74, 6) is 2.22. The van der Waals surface area contributed by atoms with Gasteiger partial charge in [0.25, 0.3) is 5.91 Å². The Morgan fingerprint density at radius 3 is 2.62 bits per heavy atom. The highest BCUT2D eigenvalue weighted by Gasteiger charge is 2.18. The summed E-state index contributed by atoms with van der Waals surface area (Å²) in [4.78, 5) is 30.3. The molecule has 11 nitrogen and oxygen atoms in total. The quantitative estimate of drug-likeness (QED) is 0.376. The van der Waals surface area contributed by atoms with Gasteiger partial charge in [-0.15, -0.1) is 10.2 Å². The molecule has 4 heterocycles. The number of benzene rings is 1. The third kappa shape index (κ3) is 5.72. The van der Waals surface area contributed by atoms with Crippen LogP contribution in [0.1, 0.15) is 21.7 Å². The van der Waals surface area contributed by atoms with Gasteiger partial charge in [0.1, 0.15) is 17.8 Å². The number of hydrogen-bond donors (Lipinski definition) is 2. The fourth-order valence-corrected chi connectivity index (χ4v) is 4.26. The summed E-state index contributed by atoms with van der Waals surface area (Å²) in [6.45, 7) is 4.71. The van der Waals surface area contributed by atoms with Gasteiger partial charge in [0, 0.05) is 69.0 Å². The Hall–Kier alpha value is -4.38. The first-order chi connectivity index (χ1) is 18.1. The molecule has 1 aliphatic rings. The molecule has 1 saturated heterocycles. The molecule has 0 spiro atoms.